The lowest BCUT2D eigenvalue weighted by atomic mass is 9.47. The molecular weight excluding hydrogens is 352 g/mol. The van der Waals surface area contributed by atoms with Crippen molar-refractivity contribution in [3.63, 3.8) is 0 Å². The molecule has 0 amide bonds. The Kier molecular flexibility index (Phi) is 4.61. The highest BCUT2D eigenvalue weighted by Gasteiger charge is 2.63. The summed E-state index contributed by atoms with van der Waals surface area (Å²) in [6.45, 7) is 11.1. The van der Waals surface area contributed by atoms with E-state index in [-0.39, 0.29) is 10.8 Å². The second-order valence-corrected chi connectivity index (χ2v) is 15.8. The maximum atomic E-state index is 12.5. The van der Waals surface area contributed by atoms with E-state index in [0.717, 1.165) is 51.4 Å². The Balaban J connectivity index is 1.62. The van der Waals surface area contributed by atoms with Crippen LogP contribution in [0.1, 0.15) is 65.2 Å². The molecule has 1 N–H and O–H groups in total. The number of aldehydes is 1. The van der Waals surface area contributed by atoms with Gasteiger partial charge in [-0.05, 0) is 101 Å². The number of carbonyl (C=O) groups is 1. The zero-order valence-electron chi connectivity index (χ0n) is 17.9. The molecule has 7 atom stereocenters. The molecule has 0 aromatic rings. The number of allylic oxidation sites excluding steroid dienone is 1. The van der Waals surface area contributed by atoms with Gasteiger partial charge >= 0.3 is 0 Å². The predicted octanol–water partition coefficient (Wildman–Crippen LogP) is 5.10. The van der Waals surface area contributed by atoms with E-state index in [0.29, 0.717) is 23.9 Å². The molecule has 0 aromatic heterocycles. The Labute approximate surface area is 166 Å². The second-order valence-electron chi connectivity index (χ2n) is 11.4. The third-order valence-corrected chi connectivity index (χ3v) is 9.99. The summed E-state index contributed by atoms with van der Waals surface area (Å²) in [7, 11) is -1.56. The SMILES string of the molecule is CC1(O)CC[C@H]2[C@@H]3CC=C4CC(O[Si](C)(C)C)CC[C@]4(C=O)[C@@H]3CC[C@@]21C. The molecule has 152 valence electrons. The van der Waals surface area contributed by atoms with Crippen LogP contribution < -0.4 is 0 Å². The molecule has 4 aliphatic rings. The van der Waals surface area contributed by atoms with Crippen LogP contribution in [-0.2, 0) is 9.22 Å². The largest absolute Gasteiger partial charge is 0.414 e. The van der Waals surface area contributed by atoms with Crippen LogP contribution in [0.3, 0.4) is 0 Å². The van der Waals surface area contributed by atoms with Gasteiger partial charge in [0.25, 0.3) is 0 Å². The average Bonchev–Trinajstić information content (AvgIpc) is 2.83. The Morgan fingerprint density at radius 1 is 1.11 bits per heavy atom. The summed E-state index contributed by atoms with van der Waals surface area (Å²) in [6.07, 6.45) is 12.2. The van der Waals surface area contributed by atoms with Crippen molar-refractivity contribution < 1.29 is 14.3 Å². The van der Waals surface area contributed by atoms with Gasteiger partial charge in [-0.15, -0.1) is 0 Å². The van der Waals surface area contributed by atoms with Crippen molar-refractivity contribution in [1.82, 2.24) is 0 Å². The highest BCUT2D eigenvalue weighted by molar-refractivity contribution is 6.69. The molecule has 3 nitrogen and oxygen atoms in total. The number of rotatable bonds is 3. The van der Waals surface area contributed by atoms with E-state index < -0.39 is 13.9 Å². The number of hydrogen-bond donors (Lipinski definition) is 1. The van der Waals surface area contributed by atoms with E-state index in [1.54, 1.807) is 0 Å². The van der Waals surface area contributed by atoms with Gasteiger partial charge in [0.05, 0.1) is 11.0 Å². The van der Waals surface area contributed by atoms with Gasteiger partial charge < -0.3 is 14.3 Å². The molecule has 0 aromatic carbocycles. The third-order valence-electron chi connectivity index (χ3n) is 8.95. The van der Waals surface area contributed by atoms with E-state index in [1.807, 2.05) is 6.92 Å². The molecule has 4 rings (SSSR count). The minimum Gasteiger partial charge on any atom is -0.414 e. The number of hydrogen-bond acceptors (Lipinski definition) is 3. The smallest absolute Gasteiger partial charge is 0.184 e. The Bertz CT molecular complexity index is 648. The fourth-order valence-corrected chi connectivity index (χ4v) is 8.60. The molecule has 0 spiro atoms. The van der Waals surface area contributed by atoms with Gasteiger partial charge in [-0.1, -0.05) is 18.6 Å². The third kappa shape index (κ3) is 2.93. The van der Waals surface area contributed by atoms with Crippen molar-refractivity contribution in [3.05, 3.63) is 11.6 Å². The quantitative estimate of drug-likeness (QED) is 0.414. The standard InChI is InChI=1S/C23H38O3Si/c1-21-11-9-20-18(19(21)10-12-22(21,2)25)7-6-16-14-17(26-27(3,4)5)8-13-23(16,20)15-24/h6,15,17-20,25H,7-14H2,1-5H3/t17?,18-,19-,20+,21-,22?,23+/m0/s1. The van der Waals surface area contributed by atoms with E-state index >= 15 is 0 Å². The van der Waals surface area contributed by atoms with Crippen molar-refractivity contribution in [3.8, 4) is 0 Å². The zero-order chi connectivity index (χ0) is 19.7. The molecule has 3 saturated carbocycles. The van der Waals surface area contributed by atoms with Crippen molar-refractivity contribution >= 4 is 14.6 Å². The number of fused-ring (bicyclic) bond motifs is 5. The van der Waals surface area contributed by atoms with Crippen LogP contribution in [0.2, 0.25) is 19.6 Å². The molecule has 27 heavy (non-hydrogen) atoms. The molecule has 0 heterocycles. The molecule has 4 aliphatic carbocycles. The Morgan fingerprint density at radius 2 is 1.81 bits per heavy atom. The van der Waals surface area contributed by atoms with Crippen molar-refractivity contribution in [2.75, 3.05) is 0 Å². The molecule has 3 fully saturated rings. The first-order valence-corrected chi connectivity index (χ1v) is 14.5. The lowest BCUT2D eigenvalue weighted by molar-refractivity contribution is -0.135. The monoisotopic (exact) mass is 390 g/mol. The number of aliphatic hydroxyl groups is 1. The maximum Gasteiger partial charge on any atom is 0.184 e. The molecule has 0 saturated heterocycles. The zero-order valence-corrected chi connectivity index (χ0v) is 18.9. The second kappa shape index (κ2) is 6.27. The summed E-state index contributed by atoms with van der Waals surface area (Å²) < 4.78 is 6.41. The molecular formula is C23H38O3Si. The minimum absolute atomic E-state index is 0.0156. The normalized spacial score (nSPS) is 49.6. The van der Waals surface area contributed by atoms with Crippen LogP contribution >= 0.6 is 0 Å². The van der Waals surface area contributed by atoms with Gasteiger partial charge in [0, 0.05) is 6.10 Å². The van der Waals surface area contributed by atoms with Gasteiger partial charge in [0.2, 0.25) is 0 Å². The van der Waals surface area contributed by atoms with Gasteiger partial charge in [0.1, 0.15) is 6.29 Å². The summed E-state index contributed by atoms with van der Waals surface area (Å²) >= 11 is 0. The van der Waals surface area contributed by atoms with Gasteiger partial charge in [-0.2, -0.15) is 0 Å². The molecule has 0 aliphatic heterocycles. The molecule has 4 heteroatoms. The van der Waals surface area contributed by atoms with E-state index in [2.05, 4.69) is 32.6 Å². The predicted molar refractivity (Wildman–Crippen MR) is 111 cm³/mol. The summed E-state index contributed by atoms with van der Waals surface area (Å²) in [5.41, 5.74) is 0.588. The van der Waals surface area contributed by atoms with Gasteiger partial charge in [-0.3, -0.25) is 0 Å². The van der Waals surface area contributed by atoms with Crippen LogP contribution in [0.5, 0.6) is 0 Å². The van der Waals surface area contributed by atoms with E-state index in [9.17, 15) is 9.90 Å². The first kappa shape index (κ1) is 19.8. The van der Waals surface area contributed by atoms with Crippen molar-refractivity contribution in [2.24, 2.45) is 28.6 Å². The Hall–Kier alpha value is -0.453. The summed E-state index contributed by atoms with van der Waals surface area (Å²) in [5, 5.41) is 11.0. The first-order chi connectivity index (χ1) is 12.5. The van der Waals surface area contributed by atoms with Gasteiger partial charge in [0.15, 0.2) is 8.32 Å². The van der Waals surface area contributed by atoms with Crippen LogP contribution in [0.4, 0.5) is 0 Å². The lowest BCUT2D eigenvalue weighted by Gasteiger charge is -2.58. The fourth-order valence-electron chi connectivity index (χ4n) is 7.39. The lowest BCUT2D eigenvalue weighted by Crippen LogP contribution is -2.55. The minimum atomic E-state index is -1.56. The van der Waals surface area contributed by atoms with Crippen LogP contribution in [0, 0.1) is 28.6 Å². The van der Waals surface area contributed by atoms with Crippen molar-refractivity contribution in [1.29, 1.82) is 0 Å². The van der Waals surface area contributed by atoms with E-state index in [1.165, 1.54) is 11.9 Å². The van der Waals surface area contributed by atoms with Crippen LogP contribution in [-0.4, -0.2) is 31.4 Å². The molecule has 2 unspecified atom stereocenters. The average molecular weight is 391 g/mol. The first-order valence-electron chi connectivity index (χ1n) is 11.1. The van der Waals surface area contributed by atoms with Crippen LogP contribution in [0.15, 0.2) is 11.6 Å². The van der Waals surface area contributed by atoms with Crippen LogP contribution in [0.25, 0.3) is 0 Å². The molecule has 0 radical (unpaired) electrons. The molecule has 0 bridgehead atoms. The highest BCUT2D eigenvalue weighted by atomic mass is 28.4. The topological polar surface area (TPSA) is 46.5 Å². The summed E-state index contributed by atoms with van der Waals surface area (Å²) in [4.78, 5) is 12.5. The Morgan fingerprint density at radius 3 is 2.48 bits per heavy atom. The number of carbonyl (C=O) groups excluding carboxylic acids is 1. The maximum absolute atomic E-state index is 12.5. The van der Waals surface area contributed by atoms with Crippen molar-refractivity contribution in [2.45, 2.75) is 96.6 Å². The summed E-state index contributed by atoms with van der Waals surface area (Å²) in [6, 6.07) is 0. The fraction of sp³-hybridized carbons (Fsp3) is 0.870. The van der Waals surface area contributed by atoms with E-state index in [4.69, 9.17) is 4.43 Å². The van der Waals surface area contributed by atoms with Gasteiger partial charge in [-0.25, -0.2) is 0 Å². The highest BCUT2D eigenvalue weighted by Crippen LogP contribution is 2.66. The summed E-state index contributed by atoms with van der Waals surface area (Å²) in [5.74, 6) is 1.58.